The average Bonchev–Trinajstić information content (AvgIpc) is 2.38. The van der Waals surface area contributed by atoms with Gasteiger partial charge in [-0.05, 0) is 62.3 Å². The summed E-state index contributed by atoms with van der Waals surface area (Å²) in [6.45, 7) is 6.40. The second-order valence-corrected chi connectivity index (χ2v) is 6.18. The van der Waals surface area contributed by atoms with Gasteiger partial charge in [0.2, 0.25) is 0 Å². The smallest absolute Gasteiger partial charge is 0.120 e. The summed E-state index contributed by atoms with van der Waals surface area (Å²) in [5.41, 5.74) is 2.43. The van der Waals surface area contributed by atoms with Crippen molar-refractivity contribution < 1.29 is 4.74 Å². The Hall–Kier alpha value is -1.49. The van der Waals surface area contributed by atoms with Gasteiger partial charge in [-0.1, -0.05) is 25.8 Å². The molecule has 1 aliphatic carbocycles. The SMILES string of the molecule is CCCC1CCC(C#N)C(Oc2cc(C)cc(C)c2)C1. The Balaban J connectivity index is 2.09. The number of hydrogen-bond acceptors (Lipinski definition) is 2. The molecule has 1 aromatic rings. The molecule has 2 rings (SSSR count). The van der Waals surface area contributed by atoms with Crippen LogP contribution in [0.1, 0.15) is 50.2 Å². The zero-order valence-corrected chi connectivity index (χ0v) is 12.9. The first-order chi connectivity index (χ1) is 9.62. The van der Waals surface area contributed by atoms with Gasteiger partial charge in [0, 0.05) is 0 Å². The highest BCUT2D eigenvalue weighted by Gasteiger charge is 2.31. The largest absolute Gasteiger partial charge is 0.489 e. The molecule has 3 atom stereocenters. The molecule has 1 aromatic carbocycles. The number of aryl methyl sites for hydroxylation is 2. The molecular formula is C18H25NO. The van der Waals surface area contributed by atoms with Crippen LogP contribution in [0.2, 0.25) is 0 Å². The maximum absolute atomic E-state index is 9.33. The number of ether oxygens (including phenoxy) is 1. The van der Waals surface area contributed by atoms with Crippen LogP contribution in [0.15, 0.2) is 18.2 Å². The monoisotopic (exact) mass is 271 g/mol. The Morgan fingerprint density at radius 1 is 1.20 bits per heavy atom. The summed E-state index contributed by atoms with van der Waals surface area (Å²) in [5.74, 6) is 1.69. The first-order valence-electron chi connectivity index (χ1n) is 7.77. The molecule has 0 bridgehead atoms. The molecular weight excluding hydrogens is 246 g/mol. The molecule has 20 heavy (non-hydrogen) atoms. The van der Waals surface area contributed by atoms with Crippen LogP contribution in [0.5, 0.6) is 5.75 Å². The van der Waals surface area contributed by atoms with Crippen LogP contribution in [0.3, 0.4) is 0 Å². The Labute approximate surface area is 122 Å². The van der Waals surface area contributed by atoms with Gasteiger partial charge in [0.15, 0.2) is 0 Å². The van der Waals surface area contributed by atoms with E-state index >= 15 is 0 Å². The second-order valence-electron chi connectivity index (χ2n) is 6.18. The maximum Gasteiger partial charge on any atom is 0.120 e. The Morgan fingerprint density at radius 3 is 2.50 bits per heavy atom. The normalized spacial score (nSPS) is 26.0. The molecule has 0 aliphatic heterocycles. The van der Waals surface area contributed by atoms with Crippen molar-refractivity contribution in [2.24, 2.45) is 11.8 Å². The topological polar surface area (TPSA) is 33.0 Å². The van der Waals surface area contributed by atoms with E-state index in [1.807, 2.05) is 0 Å². The minimum Gasteiger partial charge on any atom is -0.489 e. The van der Waals surface area contributed by atoms with Gasteiger partial charge in [0.1, 0.15) is 11.9 Å². The van der Waals surface area contributed by atoms with E-state index in [-0.39, 0.29) is 12.0 Å². The van der Waals surface area contributed by atoms with Gasteiger partial charge in [-0.2, -0.15) is 5.26 Å². The fourth-order valence-electron chi connectivity index (χ4n) is 3.34. The van der Waals surface area contributed by atoms with Gasteiger partial charge >= 0.3 is 0 Å². The van der Waals surface area contributed by atoms with Crippen molar-refractivity contribution in [1.82, 2.24) is 0 Å². The van der Waals surface area contributed by atoms with E-state index in [1.54, 1.807) is 0 Å². The lowest BCUT2D eigenvalue weighted by Crippen LogP contribution is -2.33. The lowest BCUT2D eigenvalue weighted by molar-refractivity contribution is 0.0874. The van der Waals surface area contributed by atoms with E-state index in [1.165, 1.54) is 30.4 Å². The van der Waals surface area contributed by atoms with E-state index < -0.39 is 0 Å². The lowest BCUT2D eigenvalue weighted by atomic mass is 9.78. The third-order valence-electron chi connectivity index (χ3n) is 4.25. The highest BCUT2D eigenvalue weighted by Crippen LogP contribution is 2.34. The quantitative estimate of drug-likeness (QED) is 0.788. The number of nitrogens with zero attached hydrogens (tertiary/aromatic N) is 1. The van der Waals surface area contributed by atoms with Crippen molar-refractivity contribution >= 4 is 0 Å². The Morgan fingerprint density at radius 2 is 1.90 bits per heavy atom. The molecule has 0 heterocycles. The molecule has 0 N–H and O–H groups in total. The van der Waals surface area contributed by atoms with Crippen molar-refractivity contribution in [3.8, 4) is 11.8 Å². The van der Waals surface area contributed by atoms with Crippen molar-refractivity contribution in [2.75, 3.05) is 0 Å². The second kappa shape index (κ2) is 6.79. The molecule has 2 heteroatoms. The summed E-state index contributed by atoms with van der Waals surface area (Å²) >= 11 is 0. The molecule has 108 valence electrons. The van der Waals surface area contributed by atoms with Crippen LogP contribution in [-0.2, 0) is 0 Å². The van der Waals surface area contributed by atoms with Crippen molar-refractivity contribution in [3.63, 3.8) is 0 Å². The Kier molecular flexibility index (Phi) is 5.06. The van der Waals surface area contributed by atoms with Gasteiger partial charge in [-0.25, -0.2) is 0 Å². The van der Waals surface area contributed by atoms with Gasteiger partial charge in [-0.15, -0.1) is 0 Å². The first-order valence-corrected chi connectivity index (χ1v) is 7.77. The number of nitriles is 1. The maximum atomic E-state index is 9.33. The summed E-state index contributed by atoms with van der Waals surface area (Å²) < 4.78 is 6.17. The molecule has 0 amide bonds. The van der Waals surface area contributed by atoms with Crippen molar-refractivity contribution in [2.45, 2.75) is 59.0 Å². The standard InChI is InChI=1S/C18H25NO/c1-4-5-15-6-7-16(12-19)18(11-15)20-17-9-13(2)8-14(3)10-17/h8-10,15-16,18H,4-7,11H2,1-3H3. The molecule has 0 spiro atoms. The van der Waals surface area contributed by atoms with E-state index in [2.05, 4.69) is 45.0 Å². The molecule has 2 nitrogen and oxygen atoms in total. The fraction of sp³-hybridized carbons (Fsp3) is 0.611. The third kappa shape index (κ3) is 3.76. The minimum atomic E-state index is 0.0453. The first kappa shape index (κ1) is 14.9. The third-order valence-corrected chi connectivity index (χ3v) is 4.25. The summed E-state index contributed by atoms with van der Waals surface area (Å²) in [5, 5.41) is 9.33. The number of hydrogen-bond donors (Lipinski definition) is 0. The average molecular weight is 271 g/mol. The van der Waals surface area contributed by atoms with Crippen LogP contribution in [0.4, 0.5) is 0 Å². The van der Waals surface area contributed by atoms with Crippen molar-refractivity contribution in [1.29, 1.82) is 5.26 Å². The molecule has 1 aliphatic rings. The van der Waals surface area contributed by atoms with Crippen LogP contribution in [0.25, 0.3) is 0 Å². The van der Waals surface area contributed by atoms with E-state index in [0.29, 0.717) is 0 Å². The molecule has 0 saturated heterocycles. The highest BCUT2D eigenvalue weighted by molar-refractivity contribution is 5.33. The van der Waals surface area contributed by atoms with Crippen LogP contribution < -0.4 is 4.74 Å². The van der Waals surface area contributed by atoms with Gasteiger partial charge in [-0.3, -0.25) is 0 Å². The summed E-state index contributed by atoms with van der Waals surface area (Å²) in [7, 11) is 0. The molecule has 0 aromatic heterocycles. The highest BCUT2D eigenvalue weighted by atomic mass is 16.5. The minimum absolute atomic E-state index is 0.0453. The van der Waals surface area contributed by atoms with E-state index in [9.17, 15) is 5.26 Å². The molecule has 3 unspecified atom stereocenters. The Bertz CT molecular complexity index is 468. The zero-order chi connectivity index (χ0) is 14.5. The van der Waals surface area contributed by atoms with Crippen LogP contribution >= 0.6 is 0 Å². The summed E-state index contributed by atoms with van der Waals surface area (Å²) in [6.07, 6.45) is 5.73. The van der Waals surface area contributed by atoms with E-state index in [4.69, 9.17) is 4.74 Å². The summed E-state index contributed by atoms with van der Waals surface area (Å²) in [6, 6.07) is 8.74. The molecule has 0 radical (unpaired) electrons. The van der Waals surface area contributed by atoms with Crippen LogP contribution in [-0.4, -0.2) is 6.10 Å². The fourth-order valence-corrected chi connectivity index (χ4v) is 3.34. The van der Waals surface area contributed by atoms with Gasteiger partial charge < -0.3 is 4.74 Å². The van der Waals surface area contributed by atoms with Crippen LogP contribution in [0, 0.1) is 37.0 Å². The number of benzene rings is 1. The van der Waals surface area contributed by atoms with E-state index in [0.717, 1.165) is 24.5 Å². The number of rotatable bonds is 4. The molecule has 1 fully saturated rings. The molecule has 1 saturated carbocycles. The van der Waals surface area contributed by atoms with Gasteiger partial charge in [0.05, 0.1) is 12.0 Å². The summed E-state index contributed by atoms with van der Waals surface area (Å²) in [4.78, 5) is 0. The lowest BCUT2D eigenvalue weighted by Gasteiger charge is -2.33. The zero-order valence-electron chi connectivity index (χ0n) is 12.9. The predicted octanol–water partition coefficient (Wildman–Crippen LogP) is 4.79. The predicted molar refractivity (Wildman–Crippen MR) is 81.7 cm³/mol. The van der Waals surface area contributed by atoms with Gasteiger partial charge in [0.25, 0.3) is 0 Å². The van der Waals surface area contributed by atoms with Crippen molar-refractivity contribution in [3.05, 3.63) is 29.3 Å².